The van der Waals surface area contributed by atoms with Crippen LogP contribution in [0, 0.1) is 5.82 Å². The van der Waals surface area contributed by atoms with Crippen molar-refractivity contribution in [2.24, 2.45) is 0 Å². The molecular weight excluding hydrogens is 276 g/mol. The highest BCUT2D eigenvalue weighted by molar-refractivity contribution is 5.59. The van der Waals surface area contributed by atoms with Gasteiger partial charge >= 0.3 is 6.18 Å². The van der Waals surface area contributed by atoms with Crippen molar-refractivity contribution in [1.82, 2.24) is 9.97 Å². The first-order valence-electron chi connectivity index (χ1n) is 5.56. The number of nitrogens with one attached hydrogen (secondary N) is 2. The van der Waals surface area contributed by atoms with Crippen molar-refractivity contribution >= 4 is 17.3 Å². The van der Waals surface area contributed by atoms with E-state index in [1.54, 1.807) is 6.07 Å². The molecule has 2 aromatic rings. The fourth-order valence-corrected chi connectivity index (χ4v) is 1.47. The maximum Gasteiger partial charge on any atom is 0.451 e. The van der Waals surface area contributed by atoms with Gasteiger partial charge in [0, 0.05) is 13.1 Å². The maximum absolute atomic E-state index is 13.4. The van der Waals surface area contributed by atoms with E-state index in [1.165, 1.54) is 31.3 Å². The Labute approximate surface area is 111 Å². The van der Waals surface area contributed by atoms with Crippen LogP contribution in [0.1, 0.15) is 5.82 Å². The number of halogens is 4. The van der Waals surface area contributed by atoms with Crippen LogP contribution in [0.2, 0.25) is 0 Å². The first kappa shape index (κ1) is 14.0. The molecule has 0 unspecified atom stereocenters. The number of anilines is 3. The average Bonchev–Trinajstić information content (AvgIpc) is 2.40. The molecule has 1 heterocycles. The van der Waals surface area contributed by atoms with E-state index in [0.717, 1.165) is 0 Å². The molecule has 0 radical (unpaired) electrons. The molecule has 106 valence electrons. The summed E-state index contributed by atoms with van der Waals surface area (Å²) in [5.41, 5.74) is 0.0291. The molecule has 0 spiro atoms. The van der Waals surface area contributed by atoms with Gasteiger partial charge in [0.25, 0.3) is 0 Å². The summed E-state index contributed by atoms with van der Waals surface area (Å²) in [6.07, 6.45) is -4.68. The zero-order valence-corrected chi connectivity index (χ0v) is 10.3. The average molecular weight is 286 g/mol. The summed E-state index contributed by atoms with van der Waals surface area (Å²) >= 11 is 0. The highest BCUT2D eigenvalue weighted by atomic mass is 19.4. The van der Waals surface area contributed by atoms with Crippen molar-refractivity contribution in [3.8, 4) is 0 Å². The Balaban J connectivity index is 2.39. The predicted molar refractivity (Wildman–Crippen MR) is 66.3 cm³/mol. The van der Waals surface area contributed by atoms with E-state index in [4.69, 9.17) is 0 Å². The molecule has 8 heteroatoms. The SMILES string of the molecule is CNc1cc(Nc2ccccc2F)nc(C(F)(F)F)n1. The van der Waals surface area contributed by atoms with E-state index in [0.29, 0.717) is 0 Å². The second-order valence-electron chi connectivity index (χ2n) is 3.81. The van der Waals surface area contributed by atoms with Gasteiger partial charge in [-0.25, -0.2) is 14.4 Å². The van der Waals surface area contributed by atoms with Crippen molar-refractivity contribution in [2.45, 2.75) is 6.18 Å². The van der Waals surface area contributed by atoms with Crippen LogP contribution in [0.3, 0.4) is 0 Å². The molecule has 0 saturated heterocycles. The molecular formula is C12H10F4N4. The van der Waals surface area contributed by atoms with Crippen LogP contribution in [-0.2, 0) is 6.18 Å². The zero-order chi connectivity index (χ0) is 14.8. The number of nitrogens with zero attached hydrogens (tertiary/aromatic N) is 2. The second-order valence-corrected chi connectivity index (χ2v) is 3.81. The van der Waals surface area contributed by atoms with Gasteiger partial charge in [-0.05, 0) is 12.1 Å². The summed E-state index contributed by atoms with van der Waals surface area (Å²) in [5, 5.41) is 4.99. The van der Waals surface area contributed by atoms with Crippen LogP contribution in [0.5, 0.6) is 0 Å². The van der Waals surface area contributed by atoms with Crippen molar-refractivity contribution in [3.05, 3.63) is 42.0 Å². The highest BCUT2D eigenvalue weighted by Gasteiger charge is 2.35. The van der Waals surface area contributed by atoms with Crippen molar-refractivity contribution in [1.29, 1.82) is 0 Å². The third-order valence-electron chi connectivity index (χ3n) is 2.37. The molecule has 1 aromatic carbocycles. The van der Waals surface area contributed by atoms with E-state index in [-0.39, 0.29) is 17.3 Å². The molecule has 1 aromatic heterocycles. The Hall–Kier alpha value is -2.38. The van der Waals surface area contributed by atoms with Gasteiger partial charge in [0.2, 0.25) is 5.82 Å². The standard InChI is InChI=1S/C12H10F4N4/c1-17-9-6-10(20-11(19-9)12(14,15)16)18-8-5-3-2-4-7(8)13/h2-6H,1H3,(H2,17,18,19,20). The van der Waals surface area contributed by atoms with E-state index >= 15 is 0 Å². The molecule has 0 bridgehead atoms. The van der Waals surface area contributed by atoms with Gasteiger partial charge < -0.3 is 10.6 Å². The fraction of sp³-hybridized carbons (Fsp3) is 0.167. The third kappa shape index (κ3) is 3.14. The highest BCUT2D eigenvalue weighted by Crippen LogP contribution is 2.29. The largest absolute Gasteiger partial charge is 0.451 e. The molecule has 20 heavy (non-hydrogen) atoms. The lowest BCUT2D eigenvalue weighted by molar-refractivity contribution is -0.144. The predicted octanol–water partition coefficient (Wildman–Crippen LogP) is 3.42. The first-order valence-corrected chi connectivity index (χ1v) is 5.56. The van der Waals surface area contributed by atoms with Gasteiger partial charge in [0.1, 0.15) is 17.5 Å². The molecule has 0 aliphatic rings. The smallest absolute Gasteiger partial charge is 0.373 e. The molecule has 0 saturated carbocycles. The third-order valence-corrected chi connectivity index (χ3v) is 2.37. The normalized spacial score (nSPS) is 11.2. The van der Waals surface area contributed by atoms with Gasteiger partial charge in [-0.1, -0.05) is 12.1 Å². The number of aromatic nitrogens is 2. The number of hydrogen-bond acceptors (Lipinski definition) is 4. The summed E-state index contributed by atoms with van der Waals surface area (Å²) in [5.74, 6) is -2.07. The fourth-order valence-electron chi connectivity index (χ4n) is 1.47. The minimum Gasteiger partial charge on any atom is -0.373 e. The Morgan fingerprint density at radius 1 is 1.05 bits per heavy atom. The molecule has 0 fully saturated rings. The first-order chi connectivity index (χ1) is 9.40. The number of hydrogen-bond donors (Lipinski definition) is 2. The van der Waals surface area contributed by atoms with Crippen LogP contribution < -0.4 is 10.6 Å². The molecule has 0 atom stereocenters. The summed E-state index contributed by atoms with van der Waals surface area (Å²) in [6, 6.07) is 6.86. The summed E-state index contributed by atoms with van der Waals surface area (Å²) in [7, 11) is 1.43. The number of alkyl halides is 3. The van der Waals surface area contributed by atoms with Crippen molar-refractivity contribution < 1.29 is 17.6 Å². The van der Waals surface area contributed by atoms with Gasteiger partial charge in [0.15, 0.2) is 0 Å². The van der Waals surface area contributed by atoms with Crippen LogP contribution in [0.4, 0.5) is 34.9 Å². The van der Waals surface area contributed by atoms with Crippen LogP contribution in [0.15, 0.2) is 30.3 Å². The molecule has 0 aliphatic heterocycles. The van der Waals surface area contributed by atoms with Crippen molar-refractivity contribution in [3.63, 3.8) is 0 Å². The van der Waals surface area contributed by atoms with E-state index in [9.17, 15) is 17.6 Å². The van der Waals surface area contributed by atoms with E-state index in [1.807, 2.05) is 0 Å². The Morgan fingerprint density at radius 3 is 2.30 bits per heavy atom. The van der Waals surface area contributed by atoms with E-state index in [2.05, 4.69) is 20.6 Å². The number of benzene rings is 1. The lowest BCUT2D eigenvalue weighted by atomic mass is 10.3. The minimum absolute atomic E-state index is 0.0221. The van der Waals surface area contributed by atoms with E-state index < -0.39 is 17.8 Å². The summed E-state index contributed by atoms with van der Waals surface area (Å²) < 4.78 is 51.4. The maximum atomic E-state index is 13.4. The lowest BCUT2D eigenvalue weighted by Crippen LogP contribution is -2.13. The Morgan fingerprint density at radius 2 is 1.70 bits per heavy atom. The monoisotopic (exact) mass is 286 g/mol. The Bertz CT molecular complexity index is 613. The molecule has 2 N–H and O–H groups in total. The van der Waals surface area contributed by atoms with Gasteiger partial charge in [-0.3, -0.25) is 0 Å². The van der Waals surface area contributed by atoms with Crippen LogP contribution in [-0.4, -0.2) is 17.0 Å². The zero-order valence-electron chi connectivity index (χ0n) is 10.3. The van der Waals surface area contributed by atoms with Crippen molar-refractivity contribution in [2.75, 3.05) is 17.7 Å². The molecule has 0 amide bonds. The van der Waals surface area contributed by atoms with Gasteiger partial charge in [0.05, 0.1) is 5.69 Å². The van der Waals surface area contributed by atoms with Crippen LogP contribution in [0.25, 0.3) is 0 Å². The minimum atomic E-state index is -4.68. The van der Waals surface area contributed by atoms with Gasteiger partial charge in [-0.15, -0.1) is 0 Å². The Kier molecular flexibility index (Phi) is 3.73. The van der Waals surface area contributed by atoms with Crippen LogP contribution >= 0.6 is 0 Å². The molecule has 2 rings (SSSR count). The topological polar surface area (TPSA) is 49.8 Å². The molecule has 0 aliphatic carbocycles. The number of rotatable bonds is 3. The number of para-hydroxylation sites is 1. The summed E-state index contributed by atoms with van der Waals surface area (Å²) in [6.45, 7) is 0. The second kappa shape index (κ2) is 5.32. The van der Waals surface area contributed by atoms with Gasteiger partial charge in [-0.2, -0.15) is 13.2 Å². The quantitative estimate of drug-likeness (QED) is 0.849. The lowest BCUT2D eigenvalue weighted by Gasteiger charge is -2.11. The molecule has 4 nitrogen and oxygen atoms in total. The summed E-state index contributed by atoms with van der Waals surface area (Å²) in [4.78, 5) is 6.64.